The van der Waals surface area contributed by atoms with Crippen LogP contribution in [-0.2, 0) is 6.54 Å². The number of nitrogens with zero attached hydrogens (tertiary/aromatic N) is 4. The molecule has 0 amide bonds. The van der Waals surface area contributed by atoms with Gasteiger partial charge in [0.25, 0.3) is 0 Å². The molecule has 32 heavy (non-hydrogen) atoms. The minimum absolute atomic E-state index is 0.0566. The lowest BCUT2D eigenvalue weighted by atomic mass is 10.1. The van der Waals surface area contributed by atoms with E-state index in [0.717, 1.165) is 17.8 Å². The van der Waals surface area contributed by atoms with Crippen LogP contribution in [0.2, 0.25) is 0 Å². The van der Waals surface area contributed by atoms with E-state index >= 15 is 0 Å². The zero-order chi connectivity index (χ0) is 23.3. The Balaban J connectivity index is 1.92. The van der Waals surface area contributed by atoms with Crippen molar-refractivity contribution in [2.75, 3.05) is 52.3 Å². The van der Waals surface area contributed by atoms with E-state index in [4.69, 9.17) is 0 Å². The predicted molar refractivity (Wildman–Crippen MR) is 122 cm³/mol. The average Bonchev–Trinajstić information content (AvgIpc) is 3.31. The summed E-state index contributed by atoms with van der Waals surface area (Å²) < 4.78 is 53.9. The summed E-state index contributed by atoms with van der Waals surface area (Å²) in [6, 6.07) is 7.08. The highest BCUT2D eigenvalue weighted by atomic mass is 19.4. The third-order valence-electron chi connectivity index (χ3n) is 5.38. The normalized spacial score (nSPS) is 15.4. The van der Waals surface area contributed by atoms with Crippen LogP contribution in [0.5, 0.6) is 0 Å². The summed E-state index contributed by atoms with van der Waals surface area (Å²) in [5.41, 5.74) is 2.37. The minimum atomic E-state index is -4.38. The molecule has 1 aliphatic rings. The standard InChI is InChI=1S/C22H30F4N6/c1-15(7-9-31(3)10-8-23)29-18-5-4-6-19-17(18)11-20(32(19)14-22(24,25)26)21-28-13-16(30-21)12-27-2/h4-6,11,15,27,29H,7-10,12-14H2,1-3H3. The van der Waals surface area contributed by atoms with Crippen molar-refractivity contribution in [3.05, 3.63) is 30.0 Å². The molecule has 10 heteroatoms. The molecule has 1 aromatic carbocycles. The van der Waals surface area contributed by atoms with Gasteiger partial charge in [0.15, 0.2) is 5.84 Å². The molecule has 1 aromatic heterocycles. The lowest BCUT2D eigenvalue weighted by molar-refractivity contribution is -0.139. The van der Waals surface area contributed by atoms with Gasteiger partial charge in [-0.2, -0.15) is 13.2 Å². The molecular formula is C22H30F4N6. The number of anilines is 1. The second-order valence-corrected chi connectivity index (χ2v) is 8.14. The highest BCUT2D eigenvalue weighted by Gasteiger charge is 2.31. The zero-order valence-electron chi connectivity index (χ0n) is 18.6. The van der Waals surface area contributed by atoms with E-state index in [1.165, 1.54) is 4.57 Å². The first-order chi connectivity index (χ1) is 15.2. The van der Waals surface area contributed by atoms with Gasteiger partial charge in [-0.15, -0.1) is 0 Å². The van der Waals surface area contributed by atoms with E-state index in [2.05, 4.69) is 20.6 Å². The number of halogens is 4. The van der Waals surface area contributed by atoms with Crippen molar-refractivity contribution in [2.24, 2.45) is 9.98 Å². The van der Waals surface area contributed by atoms with E-state index in [1.807, 2.05) is 24.9 Å². The number of fused-ring (bicyclic) bond motifs is 1. The Morgan fingerprint density at radius 1 is 1.25 bits per heavy atom. The van der Waals surface area contributed by atoms with Gasteiger partial charge >= 0.3 is 6.18 Å². The van der Waals surface area contributed by atoms with Crippen LogP contribution >= 0.6 is 0 Å². The van der Waals surface area contributed by atoms with Crippen LogP contribution < -0.4 is 10.6 Å². The Hall–Kier alpha value is -2.46. The summed E-state index contributed by atoms with van der Waals surface area (Å²) in [6.45, 7) is 2.50. The lowest BCUT2D eigenvalue weighted by Gasteiger charge is -2.20. The number of amidine groups is 1. The predicted octanol–water partition coefficient (Wildman–Crippen LogP) is 3.72. The van der Waals surface area contributed by atoms with Gasteiger partial charge in [0.2, 0.25) is 0 Å². The van der Waals surface area contributed by atoms with Crippen LogP contribution in [0.15, 0.2) is 34.3 Å². The first kappa shape index (κ1) is 24.2. The fourth-order valence-corrected chi connectivity index (χ4v) is 3.78. The van der Waals surface area contributed by atoms with Gasteiger partial charge in [-0.25, -0.2) is 9.38 Å². The summed E-state index contributed by atoms with van der Waals surface area (Å²) in [5, 5.41) is 7.09. The maximum atomic E-state index is 13.4. The van der Waals surface area contributed by atoms with Crippen LogP contribution in [0, 0.1) is 0 Å². The monoisotopic (exact) mass is 454 g/mol. The second kappa shape index (κ2) is 10.4. The van der Waals surface area contributed by atoms with Crippen molar-refractivity contribution in [1.29, 1.82) is 0 Å². The van der Waals surface area contributed by atoms with E-state index in [-0.39, 0.29) is 6.04 Å². The molecule has 2 aromatic rings. The van der Waals surface area contributed by atoms with Gasteiger partial charge in [-0.3, -0.25) is 4.99 Å². The van der Waals surface area contributed by atoms with E-state index in [9.17, 15) is 17.6 Å². The van der Waals surface area contributed by atoms with Gasteiger partial charge in [-0.05, 0) is 52.2 Å². The molecule has 1 unspecified atom stereocenters. The SMILES string of the molecule is CNCC1=NC(c2cc3c(NC(C)CCN(C)CCF)cccc3n2CC(F)(F)F)=NC1. The molecule has 1 aliphatic heterocycles. The number of hydrogen-bond donors (Lipinski definition) is 2. The van der Waals surface area contributed by atoms with Crippen LogP contribution in [0.25, 0.3) is 10.9 Å². The second-order valence-electron chi connectivity index (χ2n) is 8.14. The van der Waals surface area contributed by atoms with E-state index in [1.54, 1.807) is 25.2 Å². The Labute approximate surface area is 185 Å². The average molecular weight is 455 g/mol. The molecule has 2 heterocycles. The third-order valence-corrected chi connectivity index (χ3v) is 5.38. The number of rotatable bonds is 11. The summed E-state index contributed by atoms with van der Waals surface area (Å²) in [5.74, 6) is 0.322. The Morgan fingerprint density at radius 3 is 2.72 bits per heavy atom. The summed E-state index contributed by atoms with van der Waals surface area (Å²) >= 11 is 0. The van der Waals surface area contributed by atoms with Crippen molar-refractivity contribution in [1.82, 2.24) is 14.8 Å². The minimum Gasteiger partial charge on any atom is -0.382 e. The molecule has 0 saturated heterocycles. The number of aliphatic imine (C=N–C) groups is 2. The Bertz CT molecular complexity index is 979. The first-order valence-corrected chi connectivity index (χ1v) is 10.7. The highest BCUT2D eigenvalue weighted by molar-refractivity contribution is 6.13. The molecule has 0 radical (unpaired) electrons. The molecule has 0 spiro atoms. The molecule has 3 rings (SSSR count). The Morgan fingerprint density at radius 2 is 2.03 bits per heavy atom. The lowest BCUT2D eigenvalue weighted by Crippen LogP contribution is -2.27. The van der Waals surface area contributed by atoms with Crippen molar-refractivity contribution < 1.29 is 17.6 Å². The molecule has 1 atom stereocenters. The number of nitrogens with one attached hydrogen (secondary N) is 2. The van der Waals surface area contributed by atoms with Gasteiger partial charge < -0.3 is 20.1 Å². The van der Waals surface area contributed by atoms with Crippen LogP contribution in [0.1, 0.15) is 19.0 Å². The van der Waals surface area contributed by atoms with Crippen LogP contribution in [0.4, 0.5) is 23.2 Å². The fourth-order valence-electron chi connectivity index (χ4n) is 3.78. The highest BCUT2D eigenvalue weighted by Crippen LogP contribution is 2.31. The molecular weight excluding hydrogens is 424 g/mol. The smallest absolute Gasteiger partial charge is 0.382 e. The maximum Gasteiger partial charge on any atom is 0.406 e. The van der Waals surface area contributed by atoms with Crippen molar-refractivity contribution in [3.63, 3.8) is 0 Å². The molecule has 0 saturated carbocycles. The molecule has 0 fully saturated rings. The summed E-state index contributed by atoms with van der Waals surface area (Å²) in [6.07, 6.45) is -3.61. The molecule has 176 valence electrons. The van der Waals surface area contributed by atoms with E-state index in [0.29, 0.717) is 48.6 Å². The maximum absolute atomic E-state index is 13.4. The number of hydrogen-bond acceptors (Lipinski definition) is 5. The van der Waals surface area contributed by atoms with Crippen molar-refractivity contribution >= 4 is 28.1 Å². The van der Waals surface area contributed by atoms with Crippen LogP contribution in [-0.4, -0.2) is 80.2 Å². The number of alkyl halides is 4. The van der Waals surface area contributed by atoms with E-state index < -0.39 is 19.4 Å². The Kier molecular flexibility index (Phi) is 7.89. The van der Waals surface area contributed by atoms with Gasteiger partial charge in [-0.1, -0.05) is 6.07 Å². The fraction of sp³-hybridized carbons (Fsp3) is 0.545. The zero-order valence-corrected chi connectivity index (χ0v) is 18.6. The van der Waals surface area contributed by atoms with Crippen molar-refractivity contribution in [2.45, 2.75) is 32.1 Å². The van der Waals surface area contributed by atoms with Crippen molar-refractivity contribution in [3.8, 4) is 0 Å². The quantitative estimate of drug-likeness (QED) is 0.509. The van der Waals surface area contributed by atoms with Gasteiger partial charge in [0.05, 0.1) is 23.5 Å². The molecule has 2 N–H and O–H groups in total. The summed E-state index contributed by atoms with van der Waals surface area (Å²) in [4.78, 5) is 10.7. The topological polar surface area (TPSA) is 57.0 Å². The van der Waals surface area contributed by atoms with Crippen LogP contribution in [0.3, 0.4) is 0 Å². The van der Waals surface area contributed by atoms with Gasteiger partial charge in [0, 0.05) is 30.2 Å². The molecule has 6 nitrogen and oxygen atoms in total. The molecule has 0 bridgehead atoms. The summed E-state index contributed by atoms with van der Waals surface area (Å²) in [7, 11) is 3.65. The van der Waals surface area contributed by atoms with Gasteiger partial charge in [0.1, 0.15) is 13.2 Å². The third kappa shape index (κ3) is 6.07. The first-order valence-electron chi connectivity index (χ1n) is 10.7. The number of aromatic nitrogens is 1. The largest absolute Gasteiger partial charge is 0.406 e. The molecule has 0 aliphatic carbocycles. The number of benzene rings is 1.